The van der Waals surface area contributed by atoms with Crippen molar-refractivity contribution in [3.8, 4) is 0 Å². The van der Waals surface area contributed by atoms with Crippen molar-refractivity contribution in [1.82, 2.24) is 0 Å². The summed E-state index contributed by atoms with van der Waals surface area (Å²) < 4.78 is 12.6. The van der Waals surface area contributed by atoms with Crippen molar-refractivity contribution in [2.24, 2.45) is 5.73 Å². The normalized spacial score (nSPS) is 20.9. The van der Waals surface area contributed by atoms with Gasteiger partial charge in [-0.05, 0) is 24.3 Å². The van der Waals surface area contributed by atoms with Crippen LogP contribution in [0.1, 0.15) is 6.42 Å². The molecule has 1 aromatic rings. The van der Waals surface area contributed by atoms with Crippen LogP contribution in [0.2, 0.25) is 0 Å². The molecule has 1 aliphatic heterocycles. The Morgan fingerprint density at radius 1 is 1.43 bits per heavy atom. The standard InChI is InChI=1S/C10H11FN2O/c11-7-1-3-8(4-2-7)13-9(6-12)5-10(13)14/h1-4,9H,5-6,12H2. The number of hydrogen-bond acceptors (Lipinski definition) is 2. The number of hydrogen-bond donors (Lipinski definition) is 1. The first-order chi connectivity index (χ1) is 6.72. The molecule has 0 bridgehead atoms. The summed E-state index contributed by atoms with van der Waals surface area (Å²) in [5.74, 6) is -0.252. The highest BCUT2D eigenvalue weighted by Crippen LogP contribution is 2.26. The molecule has 1 fully saturated rings. The van der Waals surface area contributed by atoms with Gasteiger partial charge in [0, 0.05) is 18.7 Å². The maximum atomic E-state index is 12.6. The van der Waals surface area contributed by atoms with Gasteiger partial charge in [0.2, 0.25) is 5.91 Å². The van der Waals surface area contributed by atoms with Gasteiger partial charge in [-0.3, -0.25) is 4.79 Å². The van der Waals surface area contributed by atoms with E-state index in [1.807, 2.05) is 0 Å². The third kappa shape index (κ3) is 1.37. The zero-order chi connectivity index (χ0) is 10.1. The Hall–Kier alpha value is -1.42. The average molecular weight is 194 g/mol. The van der Waals surface area contributed by atoms with E-state index in [1.54, 1.807) is 17.0 Å². The molecular weight excluding hydrogens is 183 g/mol. The summed E-state index contributed by atoms with van der Waals surface area (Å²) in [6.07, 6.45) is 0.494. The van der Waals surface area contributed by atoms with Crippen LogP contribution in [0, 0.1) is 5.82 Å². The van der Waals surface area contributed by atoms with E-state index >= 15 is 0 Å². The summed E-state index contributed by atoms with van der Waals surface area (Å²) in [6, 6.07) is 5.94. The van der Waals surface area contributed by atoms with E-state index in [2.05, 4.69) is 0 Å². The highest BCUT2D eigenvalue weighted by Gasteiger charge is 2.35. The monoisotopic (exact) mass is 194 g/mol. The molecule has 1 heterocycles. The van der Waals surface area contributed by atoms with E-state index in [1.165, 1.54) is 12.1 Å². The first kappa shape index (κ1) is 9.15. The molecule has 1 atom stereocenters. The summed E-state index contributed by atoms with van der Waals surface area (Å²) in [4.78, 5) is 12.9. The van der Waals surface area contributed by atoms with Gasteiger partial charge in [0.05, 0.1) is 6.04 Å². The zero-order valence-electron chi connectivity index (χ0n) is 7.61. The summed E-state index contributed by atoms with van der Waals surface area (Å²) in [5, 5.41) is 0. The molecule has 1 amide bonds. The first-order valence-electron chi connectivity index (χ1n) is 4.50. The molecule has 0 spiro atoms. The van der Waals surface area contributed by atoms with Crippen molar-refractivity contribution in [1.29, 1.82) is 0 Å². The van der Waals surface area contributed by atoms with Crippen LogP contribution in [0.3, 0.4) is 0 Å². The number of amides is 1. The second kappa shape index (κ2) is 3.38. The lowest BCUT2D eigenvalue weighted by atomic mass is 10.0. The number of rotatable bonds is 2. The molecule has 1 saturated heterocycles. The maximum Gasteiger partial charge on any atom is 0.229 e. The molecule has 3 nitrogen and oxygen atoms in total. The van der Waals surface area contributed by atoms with Gasteiger partial charge in [-0.25, -0.2) is 4.39 Å². The lowest BCUT2D eigenvalue weighted by Crippen LogP contribution is -2.56. The van der Waals surface area contributed by atoms with E-state index in [0.717, 1.165) is 5.69 Å². The molecule has 1 aromatic carbocycles. The van der Waals surface area contributed by atoms with E-state index in [9.17, 15) is 9.18 Å². The van der Waals surface area contributed by atoms with Crippen molar-refractivity contribution in [2.45, 2.75) is 12.5 Å². The third-order valence-electron chi connectivity index (χ3n) is 2.42. The molecule has 0 saturated carbocycles. The Bertz CT molecular complexity index is 350. The molecular formula is C10H11FN2O. The van der Waals surface area contributed by atoms with E-state index in [-0.39, 0.29) is 17.8 Å². The molecule has 2 rings (SSSR count). The topological polar surface area (TPSA) is 46.3 Å². The van der Waals surface area contributed by atoms with Gasteiger partial charge in [-0.1, -0.05) is 0 Å². The average Bonchev–Trinajstić information content (AvgIpc) is 2.17. The molecule has 2 N–H and O–H groups in total. The number of nitrogens with zero attached hydrogens (tertiary/aromatic N) is 1. The van der Waals surface area contributed by atoms with Gasteiger partial charge in [0.25, 0.3) is 0 Å². The summed E-state index contributed by atoms with van der Waals surface area (Å²) in [6.45, 7) is 0.448. The number of halogens is 1. The second-order valence-corrected chi connectivity index (χ2v) is 3.33. The van der Waals surface area contributed by atoms with Crippen molar-refractivity contribution < 1.29 is 9.18 Å². The molecule has 0 aliphatic carbocycles. The Labute approximate surface area is 81.3 Å². The number of carbonyl (C=O) groups is 1. The van der Waals surface area contributed by atoms with Crippen LogP contribution in [-0.4, -0.2) is 18.5 Å². The molecule has 74 valence electrons. The van der Waals surface area contributed by atoms with Gasteiger partial charge in [-0.2, -0.15) is 0 Å². The number of β-lactam (4-membered cyclic amide) rings is 1. The third-order valence-corrected chi connectivity index (χ3v) is 2.42. The summed E-state index contributed by atoms with van der Waals surface area (Å²) >= 11 is 0. The minimum atomic E-state index is -0.300. The molecule has 0 radical (unpaired) electrons. The van der Waals surface area contributed by atoms with Crippen LogP contribution >= 0.6 is 0 Å². The largest absolute Gasteiger partial charge is 0.328 e. The minimum absolute atomic E-state index is 0.0482. The van der Waals surface area contributed by atoms with Crippen LogP contribution in [0.4, 0.5) is 10.1 Å². The molecule has 1 aliphatic rings. The van der Waals surface area contributed by atoms with Gasteiger partial charge >= 0.3 is 0 Å². The molecule has 0 aromatic heterocycles. The highest BCUT2D eigenvalue weighted by molar-refractivity contribution is 6.00. The minimum Gasteiger partial charge on any atom is -0.328 e. The zero-order valence-corrected chi connectivity index (χ0v) is 7.61. The number of anilines is 1. The fourth-order valence-corrected chi connectivity index (χ4v) is 1.63. The van der Waals surface area contributed by atoms with Gasteiger partial charge < -0.3 is 10.6 Å². The predicted octanol–water partition coefficient (Wildman–Crippen LogP) is 0.890. The van der Waals surface area contributed by atoms with Crippen molar-refractivity contribution >= 4 is 11.6 Å². The molecule has 1 unspecified atom stereocenters. The summed E-state index contributed by atoms with van der Waals surface area (Å²) in [7, 11) is 0. The summed E-state index contributed by atoms with van der Waals surface area (Å²) in [5.41, 5.74) is 6.21. The van der Waals surface area contributed by atoms with E-state index in [0.29, 0.717) is 13.0 Å². The highest BCUT2D eigenvalue weighted by atomic mass is 19.1. The fourth-order valence-electron chi connectivity index (χ4n) is 1.63. The number of carbonyl (C=O) groups excluding carboxylic acids is 1. The lowest BCUT2D eigenvalue weighted by molar-refractivity contribution is -0.123. The van der Waals surface area contributed by atoms with E-state index in [4.69, 9.17) is 5.73 Å². The van der Waals surface area contributed by atoms with Crippen LogP contribution in [0.15, 0.2) is 24.3 Å². The van der Waals surface area contributed by atoms with Crippen molar-refractivity contribution in [3.63, 3.8) is 0 Å². The number of nitrogens with two attached hydrogens (primary N) is 1. The predicted molar refractivity (Wildman–Crippen MR) is 51.3 cm³/mol. The van der Waals surface area contributed by atoms with Gasteiger partial charge in [0.15, 0.2) is 0 Å². The molecule has 4 heteroatoms. The van der Waals surface area contributed by atoms with E-state index < -0.39 is 0 Å². The SMILES string of the molecule is NCC1CC(=O)N1c1ccc(F)cc1. The van der Waals surface area contributed by atoms with Gasteiger partial charge in [-0.15, -0.1) is 0 Å². The Kier molecular flexibility index (Phi) is 2.21. The maximum absolute atomic E-state index is 12.6. The van der Waals surface area contributed by atoms with Crippen LogP contribution in [0.25, 0.3) is 0 Å². The van der Waals surface area contributed by atoms with Crippen molar-refractivity contribution in [3.05, 3.63) is 30.1 Å². The Morgan fingerprint density at radius 3 is 2.57 bits per heavy atom. The Morgan fingerprint density at radius 2 is 2.07 bits per heavy atom. The lowest BCUT2D eigenvalue weighted by Gasteiger charge is -2.39. The van der Waals surface area contributed by atoms with Crippen LogP contribution < -0.4 is 10.6 Å². The Balaban J connectivity index is 2.22. The van der Waals surface area contributed by atoms with Gasteiger partial charge in [0.1, 0.15) is 5.82 Å². The quantitative estimate of drug-likeness (QED) is 0.711. The van der Waals surface area contributed by atoms with Crippen LogP contribution in [0.5, 0.6) is 0 Å². The van der Waals surface area contributed by atoms with Crippen molar-refractivity contribution in [2.75, 3.05) is 11.4 Å². The molecule has 14 heavy (non-hydrogen) atoms. The second-order valence-electron chi connectivity index (χ2n) is 3.33. The first-order valence-corrected chi connectivity index (χ1v) is 4.50. The van der Waals surface area contributed by atoms with Crippen LogP contribution in [-0.2, 0) is 4.79 Å². The smallest absolute Gasteiger partial charge is 0.229 e. The number of benzene rings is 1. The fraction of sp³-hybridized carbons (Fsp3) is 0.300.